The van der Waals surface area contributed by atoms with Gasteiger partial charge in [0, 0.05) is 0 Å². The van der Waals surface area contributed by atoms with E-state index in [1.807, 2.05) is 19.1 Å². The molecule has 92 valence electrons. The summed E-state index contributed by atoms with van der Waals surface area (Å²) in [6.45, 7) is 11.0. The summed E-state index contributed by atoms with van der Waals surface area (Å²) in [6, 6.07) is 4.00. The fraction of sp³-hybridized carbons (Fsp3) is 0.714. The molecule has 1 aromatic rings. The minimum Gasteiger partial charge on any atom is -0.465 e. The minimum atomic E-state index is 0.0334. The average Bonchev–Trinajstić information content (AvgIpc) is 2.47. The van der Waals surface area contributed by atoms with Gasteiger partial charge in [0.2, 0.25) is 0 Å². The quantitative estimate of drug-likeness (QED) is 0.836. The highest BCUT2D eigenvalue weighted by molar-refractivity contribution is 5.09. The van der Waals surface area contributed by atoms with E-state index in [-0.39, 0.29) is 6.04 Å². The molecule has 0 saturated heterocycles. The third kappa shape index (κ3) is 4.40. The Balaban J connectivity index is 2.48. The average molecular weight is 223 g/mol. The number of rotatable bonds is 4. The fourth-order valence-electron chi connectivity index (χ4n) is 2.33. The Morgan fingerprint density at radius 1 is 1.31 bits per heavy atom. The maximum atomic E-state index is 6.13. The Morgan fingerprint density at radius 3 is 2.38 bits per heavy atom. The summed E-state index contributed by atoms with van der Waals surface area (Å²) in [5, 5.41) is 0. The van der Waals surface area contributed by atoms with E-state index in [4.69, 9.17) is 10.2 Å². The Labute approximate surface area is 99.2 Å². The molecule has 2 atom stereocenters. The maximum Gasteiger partial charge on any atom is 0.120 e. The molecule has 0 aliphatic carbocycles. The molecule has 1 rings (SSSR count). The van der Waals surface area contributed by atoms with Gasteiger partial charge in [-0.05, 0) is 43.2 Å². The summed E-state index contributed by atoms with van der Waals surface area (Å²) in [6.07, 6.45) is 2.19. The van der Waals surface area contributed by atoms with Crippen molar-refractivity contribution in [1.82, 2.24) is 0 Å². The molecule has 0 aromatic carbocycles. The van der Waals surface area contributed by atoms with E-state index in [1.165, 1.54) is 6.42 Å². The van der Waals surface area contributed by atoms with Crippen LogP contribution in [0.15, 0.2) is 16.5 Å². The van der Waals surface area contributed by atoms with Crippen molar-refractivity contribution >= 4 is 0 Å². The highest BCUT2D eigenvalue weighted by atomic mass is 16.3. The molecule has 0 bridgehead atoms. The van der Waals surface area contributed by atoms with E-state index in [2.05, 4.69) is 27.7 Å². The zero-order chi connectivity index (χ0) is 12.3. The monoisotopic (exact) mass is 223 g/mol. The van der Waals surface area contributed by atoms with Crippen molar-refractivity contribution in [2.24, 2.45) is 17.1 Å². The van der Waals surface area contributed by atoms with Crippen molar-refractivity contribution in [3.63, 3.8) is 0 Å². The van der Waals surface area contributed by atoms with E-state index < -0.39 is 0 Å². The van der Waals surface area contributed by atoms with Gasteiger partial charge >= 0.3 is 0 Å². The molecule has 0 radical (unpaired) electrons. The van der Waals surface area contributed by atoms with Crippen molar-refractivity contribution in [2.75, 3.05) is 0 Å². The van der Waals surface area contributed by atoms with Crippen molar-refractivity contribution < 1.29 is 4.42 Å². The van der Waals surface area contributed by atoms with Gasteiger partial charge in [0.25, 0.3) is 0 Å². The first-order valence-electron chi connectivity index (χ1n) is 6.10. The van der Waals surface area contributed by atoms with Crippen LogP contribution in [0.5, 0.6) is 0 Å². The van der Waals surface area contributed by atoms with Crippen molar-refractivity contribution in [1.29, 1.82) is 0 Å². The molecular weight excluding hydrogens is 198 g/mol. The van der Waals surface area contributed by atoms with Crippen LogP contribution in [0.2, 0.25) is 0 Å². The predicted molar refractivity (Wildman–Crippen MR) is 68.2 cm³/mol. The molecule has 0 aliphatic heterocycles. The van der Waals surface area contributed by atoms with Crippen LogP contribution in [-0.2, 0) is 0 Å². The Morgan fingerprint density at radius 2 is 1.94 bits per heavy atom. The SMILES string of the molecule is Cc1ccc(C(N)CC(C)CC(C)(C)C)o1. The summed E-state index contributed by atoms with van der Waals surface area (Å²) in [4.78, 5) is 0. The van der Waals surface area contributed by atoms with Crippen molar-refractivity contribution in [3.8, 4) is 0 Å². The molecule has 2 heteroatoms. The van der Waals surface area contributed by atoms with Gasteiger partial charge in [-0.1, -0.05) is 27.7 Å². The third-order valence-electron chi connectivity index (χ3n) is 2.74. The molecule has 0 spiro atoms. The van der Waals surface area contributed by atoms with Crippen LogP contribution in [0.4, 0.5) is 0 Å². The van der Waals surface area contributed by atoms with Gasteiger partial charge in [-0.15, -0.1) is 0 Å². The van der Waals surface area contributed by atoms with E-state index in [0.717, 1.165) is 17.9 Å². The standard InChI is InChI=1S/C14H25NO/c1-10(9-14(3,4)5)8-12(15)13-7-6-11(2)16-13/h6-7,10,12H,8-9,15H2,1-5H3. The summed E-state index contributed by atoms with van der Waals surface area (Å²) in [5.74, 6) is 2.48. The lowest BCUT2D eigenvalue weighted by Crippen LogP contribution is -2.17. The second kappa shape index (κ2) is 5.05. The summed E-state index contributed by atoms with van der Waals surface area (Å²) >= 11 is 0. The van der Waals surface area contributed by atoms with Gasteiger partial charge in [0.15, 0.2) is 0 Å². The highest BCUT2D eigenvalue weighted by Gasteiger charge is 2.19. The zero-order valence-corrected chi connectivity index (χ0v) is 11.2. The van der Waals surface area contributed by atoms with Crippen molar-refractivity contribution in [2.45, 2.75) is 53.5 Å². The first kappa shape index (κ1) is 13.3. The highest BCUT2D eigenvalue weighted by Crippen LogP contribution is 2.29. The molecule has 2 nitrogen and oxygen atoms in total. The summed E-state index contributed by atoms with van der Waals surface area (Å²) in [7, 11) is 0. The van der Waals surface area contributed by atoms with Crippen LogP contribution in [-0.4, -0.2) is 0 Å². The molecule has 2 unspecified atom stereocenters. The predicted octanol–water partition coefficient (Wildman–Crippen LogP) is 4.05. The summed E-state index contributed by atoms with van der Waals surface area (Å²) in [5.41, 5.74) is 6.51. The van der Waals surface area contributed by atoms with Crippen LogP contribution in [0, 0.1) is 18.3 Å². The molecule has 0 amide bonds. The normalized spacial score (nSPS) is 16.1. The largest absolute Gasteiger partial charge is 0.465 e. The van der Waals surface area contributed by atoms with Crippen LogP contribution < -0.4 is 5.73 Å². The first-order valence-corrected chi connectivity index (χ1v) is 6.10. The van der Waals surface area contributed by atoms with Gasteiger partial charge in [0.05, 0.1) is 6.04 Å². The Hall–Kier alpha value is -0.760. The van der Waals surface area contributed by atoms with E-state index in [1.54, 1.807) is 0 Å². The van der Waals surface area contributed by atoms with Crippen LogP contribution >= 0.6 is 0 Å². The topological polar surface area (TPSA) is 39.2 Å². The second-order valence-corrected chi connectivity index (χ2v) is 6.16. The molecule has 1 aromatic heterocycles. The number of furan rings is 1. The number of nitrogens with two attached hydrogens (primary N) is 1. The second-order valence-electron chi connectivity index (χ2n) is 6.16. The van der Waals surface area contributed by atoms with Crippen molar-refractivity contribution in [3.05, 3.63) is 23.7 Å². The van der Waals surface area contributed by atoms with Gasteiger partial charge in [-0.3, -0.25) is 0 Å². The van der Waals surface area contributed by atoms with Gasteiger partial charge in [0.1, 0.15) is 11.5 Å². The molecule has 2 N–H and O–H groups in total. The fourth-order valence-corrected chi connectivity index (χ4v) is 2.33. The van der Waals surface area contributed by atoms with Crippen LogP contribution in [0.25, 0.3) is 0 Å². The molecular formula is C14H25NO. The lowest BCUT2D eigenvalue weighted by molar-refractivity contribution is 0.278. The Bertz CT molecular complexity index is 322. The number of hydrogen-bond donors (Lipinski definition) is 1. The van der Waals surface area contributed by atoms with Crippen LogP contribution in [0.1, 0.15) is 58.1 Å². The molecule has 0 saturated carbocycles. The number of hydrogen-bond acceptors (Lipinski definition) is 2. The van der Waals surface area contributed by atoms with E-state index in [0.29, 0.717) is 11.3 Å². The smallest absolute Gasteiger partial charge is 0.120 e. The van der Waals surface area contributed by atoms with E-state index in [9.17, 15) is 0 Å². The van der Waals surface area contributed by atoms with Gasteiger partial charge < -0.3 is 10.2 Å². The lowest BCUT2D eigenvalue weighted by atomic mass is 9.83. The Kier molecular flexibility index (Phi) is 4.20. The van der Waals surface area contributed by atoms with Gasteiger partial charge in [-0.2, -0.15) is 0 Å². The zero-order valence-electron chi connectivity index (χ0n) is 11.2. The molecule has 0 aliphatic rings. The maximum absolute atomic E-state index is 6.13. The third-order valence-corrected chi connectivity index (χ3v) is 2.74. The lowest BCUT2D eigenvalue weighted by Gasteiger charge is -2.24. The van der Waals surface area contributed by atoms with Crippen LogP contribution in [0.3, 0.4) is 0 Å². The van der Waals surface area contributed by atoms with E-state index >= 15 is 0 Å². The molecule has 16 heavy (non-hydrogen) atoms. The minimum absolute atomic E-state index is 0.0334. The molecule has 1 heterocycles. The number of aryl methyl sites for hydroxylation is 1. The van der Waals surface area contributed by atoms with Gasteiger partial charge in [-0.25, -0.2) is 0 Å². The summed E-state index contributed by atoms with van der Waals surface area (Å²) < 4.78 is 5.55. The molecule has 0 fully saturated rings. The first-order chi connectivity index (χ1) is 7.28.